The molecule has 0 rings (SSSR count). The molecule has 0 saturated heterocycles. The van der Waals surface area contributed by atoms with E-state index < -0.39 is 0 Å². The van der Waals surface area contributed by atoms with Crippen molar-refractivity contribution in [1.29, 1.82) is 0 Å². The van der Waals surface area contributed by atoms with E-state index in [0.29, 0.717) is 24.7 Å². The Kier molecular flexibility index (Phi) is 5.99. The summed E-state index contributed by atoms with van der Waals surface area (Å²) in [6.07, 6.45) is 2.75. The summed E-state index contributed by atoms with van der Waals surface area (Å²) in [5.74, 6) is 0.940. The summed E-state index contributed by atoms with van der Waals surface area (Å²) in [7, 11) is 0. The van der Waals surface area contributed by atoms with Crippen LogP contribution in [-0.2, 0) is 4.79 Å². The Labute approximate surface area is 75.5 Å². The van der Waals surface area contributed by atoms with Crippen LogP contribution < -0.4 is 5.73 Å². The maximum atomic E-state index is 11.4. The summed E-state index contributed by atoms with van der Waals surface area (Å²) < 4.78 is 0. The minimum Gasteiger partial charge on any atom is -0.330 e. The Balaban J connectivity index is 3.70. The van der Waals surface area contributed by atoms with Crippen LogP contribution in [0.5, 0.6) is 0 Å². The molecule has 0 aromatic carbocycles. The van der Waals surface area contributed by atoms with Crippen molar-refractivity contribution < 1.29 is 4.79 Å². The van der Waals surface area contributed by atoms with Crippen LogP contribution in [0.3, 0.4) is 0 Å². The van der Waals surface area contributed by atoms with Gasteiger partial charge in [-0.15, -0.1) is 0 Å². The molecule has 0 aliphatic carbocycles. The summed E-state index contributed by atoms with van der Waals surface area (Å²) in [5.41, 5.74) is 5.44. The highest BCUT2D eigenvalue weighted by Gasteiger charge is 2.14. The predicted octanol–water partition coefficient (Wildman–Crippen LogP) is 1.98. The monoisotopic (exact) mass is 171 g/mol. The molecular formula is C10H21NO. The van der Waals surface area contributed by atoms with E-state index in [9.17, 15) is 4.79 Å². The first-order valence-electron chi connectivity index (χ1n) is 4.84. The average Bonchev–Trinajstić information content (AvgIpc) is 2.04. The zero-order valence-corrected chi connectivity index (χ0v) is 8.47. The van der Waals surface area contributed by atoms with Gasteiger partial charge in [-0.3, -0.25) is 4.79 Å². The van der Waals surface area contributed by atoms with Crippen LogP contribution in [0.4, 0.5) is 0 Å². The molecule has 2 atom stereocenters. The lowest BCUT2D eigenvalue weighted by Gasteiger charge is -2.11. The summed E-state index contributed by atoms with van der Waals surface area (Å²) in [6.45, 7) is 6.76. The predicted molar refractivity (Wildman–Crippen MR) is 51.9 cm³/mol. The first-order valence-corrected chi connectivity index (χ1v) is 4.84. The molecule has 0 aliphatic heterocycles. The molecule has 2 nitrogen and oxygen atoms in total. The summed E-state index contributed by atoms with van der Waals surface area (Å²) in [6, 6.07) is 0. The largest absolute Gasteiger partial charge is 0.330 e. The molecule has 2 heteroatoms. The number of carbonyl (C=O) groups is 1. The van der Waals surface area contributed by atoms with E-state index >= 15 is 0 Å². The van der Waals surface area contributed by atoms with Crippen molar-refractivity contribution in [3.05, 3.63) is 0 Å². The zero-order valence-electron chi connectivity index (χ0n) is 8.47. The molecule has 0 aromatic heterocycles. The highest BCUT2D eigenvalue weighted by molar-refractivity contribution is 5.80. The van der Waals surface area contributed by atoms with Gasteiger partial charge in [0.1, 0.15) is 5.78 Å². The van der Waals surface area contributed by atoms with Gasteiger partial charge in [0.15, 0.2) is 0 Å². The lowest BCUT2D eigenvalue weighted by Crippen LogP contribution is -2.19. The van der Waals surface area contributed by atoms with Crippen LogP contribution in [0.2, 0.25) is 0 Å². The van der Waals surface area contributed by atoms with Crippen molar-refractivity contribution in [3.63, 3.8) is 0 Å². The van der Waals surface area contributed by atoms with Crippen LogP contribution in [0.1, 0.15) is 40.0 Å². The SMILES string of the molecule is CCCC(C)C(=O)CC(C)CN. The van der Waals surface area contributed by atoms with Crippen molar-refractivity contribution in [2.45, 2.75) is 40.0 Å². The van der Waals surface area contributed by atoms with Crippen LogP contribution >= 0.6 is 0 Å². The highest BCUT2D eigenvalue weighted by atomic mass is 16.1. The maximum Gasteiger partial charge on any atom is 0.136 e. The number of ketones is 1. The van der Waals surface area contributed by atoms with Crippen LogP contribution in [-0.4, -0.2) is 12.3 Å². The lowest BCUT2D eigenvalue weighted by atomic mass is 9.94. The smallest absolute Gasteiger partial charge is 0.136 e. The number of nitrogens with two attached hydrogens (primary N) is 1. The van der Waals surface area contributed by atoms with E-state index in [1.54, 1.807) is 0 Å². The van der Waals surface area contributed by atoms with Gasteiger partial charge in [-0.1, -0.05) is 27.2 Å². The second kappa shape index (κ2) is 6.18. The van der Waals surface area contributed by atoms with Gasteiger partial charge in [-0.2, -0.15) is 0 Å². The second-order valence-electron chi connectivity index (χ2n) is 3.70. The standard InChI is InChI=1S/C10H21NO/c1-4-5-9(3)10(12)6-8(2)7-11/h8-9H,4-7,11H2,1-3H3. The van der Waals surface area contributed by atoms with Crippen molar-refractivity contribution in [1.82, 2.24) is 0 Å². The normalized spacial score (nSPS) is 15.7. The number of rotatable bonds is 6. The molecule has 0 fully saturated rings. The summed E-state index contributed by atoms with van der Waals surface area (Å²) in [5, 5.41) is 0. The Morgan fingerprint density at radius 2 is 2.00 bits per heavy atom. The first-order chi connectivity index (χ1) is 5.61. The van der Waals surface area contributed by atoms with Crippen molar-refractivity contribution in [3.8, 4) is 0 Å². The van der Waals surface area contributed by atoms with Gasteiger partial charge < -0.3 is 5.73 Å². The highest BCUT2D eigenvalue weighted by Crippen LogP contribution is 2.12. The third-order valence-corrected chi connectivity index (χ3v) is 2.22. The first kappa shape index (κ1) is 11.6. The molecule has 0 bridgehead atoms. The minimum atomic E-state index is 0.226. The Morgan fingerprint density at radius 1 is 1.42 bits per heavy atom. The molecule has 0 amide bonds. The van der Waals surface area contributed by atoms with E-state index in [4.69, 9.17) is 5.73 Å². The van der Waals surface area contributed by atoms with Crippen LogP contribution in [0.25, 0.3) is 0 Å². The fraction of sp³-hybridized carbons (Fsp3) is 0.900. The number of hydrogen-bond donors (Lipinski definition) is 1. The molecule has 0 saturated carbocycles. The maximum absolute atomic E-state index is 11.4. The average molecular weight is 171 g/mol. The summed E-state index contributed by atoms with van der Waals surface area (Å²) in [4.78, 5) is 11.4. The third kappa shape index (κ3) is 4.50. The van der Waals surface area contributed by atoms with Crippen LogP contribution in [0.15, 0.2) is 0 Å². The third-order valence-electron chi connectivity index (χ3n) is 2.22. The number of Topliss-reactive ketones (excluding diaryl/α,β-unsaturated/α-hetero) is 1. The van der Waals surface area contributed by atoms with Crippen molar-refractivity contribution >= 4 is 5.78 Å². The Morgan fingerprint density at radius 3 is 2.42 bits per heavy atom. The van der Waals surface area contributed by atoms with Crippen molar-refractivity contribution in [2.75, 3.05) is 6.54 Å². The Bertz CT molecular complexity index is 134. The Hall–Kier alpha value is -0.370. The lowest BCUT2D eigenvalue weighted by molar-refractivity contribution is -0.123. The zero-order chi connectivity index (χ0) is 9.56. The van der Waals surface area contributed by atoms with Gasteiger partial charge >= 0.3 is 0 Å². The summed E-state index contributed by atoms with van der Waals surface area (Å²) >= 11 is 0. The molecule has 72 valence electrons. The minimum absolute atomic E-state index is 0.226. The van der Waals surface area contributed by atoms with Crippen LogP contribution in [0, 0.1) is 11.8 Å². The van der Waals surface area contributed by atoms with Gasteiger partial charge in [-0.05, 0) is 18.9 Å². The quantitative estimate of drug-likeness (QED) is 0.664. The molecule has 12 heavy (non-hydrogen) atoms. The van der Waals surface area contributed by atoms with E-state index in [0.717, 1.165) is 12.8 Å². The fourth-order valence-corrected chi connectivity index (χ4v) is 1.22. The molecule has 2 unspecified atom stereocenters. The van der Waals surface area contributed by atoms with E-state index in [-0.39, 0.29) is 5.92 Å². The number of hydrogen-bond acceptors (Lipinski definition) is 2. The molecule has 2 N–H and O–H groups in total. The molecule has 0 radical (unpaired) electrons. The molecule has 0 aromatic rings. The van der Waals surface area contributed by atoms with Gasteiger partial charge in [-0.25, -0.2) is 0 Å². The van der Waals surface area contributed by atoms with E-state index in [1.165, 1.54) is 0 Å². The van der Waals surface area contributed by atoms with E-state index in [1.807, 2.05) is 13.8 Å². The fourth-order valence-electron chi connectivity index (χ4n) is 1.22. The second-order valence-corrected chi connectivity index (χ2v) is 3.70. The van der Waals surface area contributed by atoms with E-state index in [2.05, 4.69) is 6.92 Å². The molecule has 0 aliphatic rings. The topological polar surface area (TPSA) is 43.1 Å². The molecular weight excluding hydrogens is 150 g/mol. The molecule has 0 heterocycles. The molecule has 0 spiro atoms. The number of carbonyl (C=O) groups excluding carboxylic acids is 1. The van der Waals surface area contributed by atoms with Crippen molar-refractivity contribution in [2.24, 2.45) is 17.6 Å². The van der Waals surface area contributed by atoms with Gasteiger partial charge in [0.05, 0.1) is 0 Å². The van der Waals surface area contributed by atoms with Gasteiger partial charge in [0.2, 0.25) is 0 Å². The van der Waals surface area contributed by atoms with Gasteiger partial charge in [0, 0.05) is 12.3 Å². The van der Waals surface area contributed by atoms with Gasteiger partial charge in [0.25, 0.3) is 0 Å².